The highest BCUT2D eigenvalue weighted by Crippen LogP contribution is 2.42. The highest BCUT2D eigenvalue weighted by Gasteiger charge is 2.38. The number of para-hydroxylation sites is 1. The fourth-order valence-corrected chi connectivity index (χ4v) is 8.49. The van der Waals surface area contributed by atoms with Crippen LogP contribution < -0.4 is 20.9 Å². The maximum atomic E-state index is 13.3. The van der Waals surface area contributed by atoms with Gasteiger partial charge in [-0.3, -0.25) is 14.9 Å². The summed E-state index contributed by atoms with van der Waals surface area (Å²) in [5.74, 6) is 0.0554. The summed E-state index contributed by atoms with van der Waals surface area (Å²) in [5.41, 5.74) is 5.18. The van der Waals surface area contributed by atoms with Crippen molar-refractivity contribution in [2.75, 3.05) is 64.1 Å². The average Bonchev–Trinajstić information content (AvgIpc) is 3.65. The molecule has 63 heavy (non-hydrogen) atoms. The Bertz CT molecular complexity index is 1860. The van der Waals surface area contributed by atoms with Crippen molar-refractivity contribution in [2.45, 2.75) is 123 Å². The Morgan fingerprint density at radius 2 is 1.51 bits per heavy atom. The van der Waals surface area contributed by atoms with E-state index in [4.69, 9.17) is 18.9 Å². The van der Waals surface area contributed by atoms with E-state index in [1.165, 1.54) is 7.11 Å². The minimum atomic E-state index is -1.28. The van der Waals surface area contributed by atoms with Crippen LogP contribution in [0.1, 0.15) is 80.2 Å². The van der Waals surface area contributed by atoms with Crippen molar-refractivity contribution in [3.8, 4) is 22.5 Å². The van der Waals surface area contributed by atoms with Gasteiger partial charge in [-0.2, -0.15) is 11.8 Å². The number of hydrogen-bond acceptors (Lipinski definition) is 14. The monoisotopic (exact) mass is 900 g/mol. The fourth-order valence-electron chi connectivity index (χ4n) is 7.35. The second-order valence-corrected chi connectivity index (χ2v) is 19.7. The highest BCUT2D eigenvalue weighted by molar-refractivity contribution is 8.00. The quantitative estimate of drug-likeness (QED) is 0.0460. The van der Waals surface area contributed by atoms with Gasteiger partial charge in [0, 0.05) is 53.6 Å². The smallest absolute Gasteiger partial charge is 0.253 e. The zero-order chi connectivity index (χ0) is 46.2. The number of aromatic nitrogens is 3. The number of anilines is 1. The molecule has 1 aromatic heterocycles. The molecule has 3 aromatic rings. The Hall–Kier alpha value is -3.65. The third-order valence-electron chi connectivity index (χ3n) is 10.9. The zero-order valence-corrected chi connectivity index (χ0v) is 39.6. The number of carbonyl (C=O) groups is 2. The second-order valence-electron chi connectivity index (χ2n) is 18.0. The van der Waals surface area contributed by atoms with Crippen LogP contribution in [0, 0.1) is 11.3 Å². The van der Waals surface area contributed by atoms with E-state index in [1.807, 2.05) is 72.0 Å². The molecule has 2 amide bonds. The van der Waals surface area contributed by atoms with E-state index in [1.54, 1.807) is 18.7 Å². The van der Waals surface area contributed by atoms with Gasteiger partial charge in [-0.25, -0.2) is 4.68 Å². The molecule has 5 atom stereocenters. The lowest BCUT2D eigenvalue weighted by Crippen LogP contribution is -2.46. The molecule has 2 heterocycles. The Morgan fingerprint density at radius 1 is 0.857 bits per heavy atom. The maximum Gasteiger partial charge on any atom is 0.253 e. The van der Waals surface area contributed by atoms with Crippen LogP contribution in [-0.2, 0) is 41.6 Å². The molecular weight excluding hydrogens is 827 g/mol. The van der Waals surface area contributed by atoms with Crippen LogP contribution in [0.3, 0.4) is 0 Å². The van der Waals surface area contributed by atoms with Gasteiger partial charge >= 0.3 is 0 Å². The molecular formula is C46H73N7O9S. The summed E-state index contributed by atoms with van der Waals surface area (Å²) < 4.78 is 23.3. The van der Waals surface area contributed by atoms with Gasteiger partial charge in [-0.1, -0.05) is 68.4 Å². The first-order valence-electron chi connectivity index (χ1n) is 22.1. The van der Waals surface area contributed by atoms with Crippen LogP contribution in [0.15, 0.2) is 48.5 Å². The first-order chi connectivity index (χ1) is 29.9. The first kappa shape index (κ1) is 52.0. The summed E-state index contributed by atoms with van der Waals surface area (Å²) in [6.45, 7) is 19.3. The standard InChI is InChI=1S/C46H73N7O9S/c1-31(2)49-43(57)36(28-45(4,5)6)46(7,8)63-27-20-47-38(54)18-19-39(55)52-29-33-14-10-11-15-34(33)40-41(35-16-12-13-17-37(35)52)53(51-50-40)21-22-60-23-24-61-25-26-62-30-48-44(58)42(56)32(3)59-9/h10-17,31-32,36,38-39,42,47,54-56H,18-30H2,1-9H3,(H,48,58)(H,49,57)/t32-,36?,38?,39?,42?/m0/s1. The molecule has 352 valence electrons. The summed E-state index contributed by atoms with van der Waals surface area (Å²) >= 11 is 1.73. The van der Waals surface area contributed by atoms with Crippen molar-refractivity contribution in [3.05, 3.63) is 54.1 Å². The number of ether oxygens (including phenoxy) is 4. The van der Waals surface area contributed by atoms with E-state index < -0.39 is 30.6 Å². The SMILES string of the molecule is CO[C@@H](C)C(O)C(=O)NCOCCOCCOCCn1nnc2c1-c1ccccc1N(C(O)CCC(O)NCCSC(C)(C)C(CC(C)(C)C)C(=O)NC(C)C)Cc1ccccc1-2. The van der Waals surface area contributed by atoms with E-state index in [-0.39, 0.29) is 41.4 Å². The Balaban J connectivity index is 1.31. The van der Waals surface area contributed by atoms with E-state index in [9.17, 15) is 24.9 Å². The van der Waals surface area contributed by atoms with E-state index >= 15 is 0 Å². The molecule has 16 nitrogen and oxygen atoms in total. The third kappa shape index (κ3) is 16.1. The molecule has 0 aliphatic carbocycles. The minimum absolute atomic E-state index is 0.00593. The van der Waals surface area contributed by atoms with Crippen LogP contribution in [0.2, 0.25) is 0 Å². The molecule has 0 saturated carbocycles. The number of nitrogens with zero attached hydrogens (tertiary/aromatic N) is 4. The van der Waals surface area contributed by atoms with Crippen molar-refractivity contribution >= 4 is 29.3 Å². The Morgan fingerprint density at radius 3 is 2.19 bits per heavy atom. The topological polar surface area (TPSA) is 202 Å². The summed E-state index contributed by atoms with van der Waals surface area (Å²) in [7, 11) is 1.42. The van der Waals surface area contributed by atoms with Crippen molar-refractivity contribution in [2.24, 2.45) is 11.3 Å². The van der Waals surface area contributed by atoms with Gasteiger partial charge < -0.3 is 49.8 Å². The number of nitrogens with one attached hydrogen (secondary N) is 3. The Kier molecular flexibility index (Phi) is 20.8. The average molecular weight is 900 g/mol. The molecule has 0 spiro atoms. The second kappa shape index (κ2) is 25.2. The fraction of sp³-hybridized carbons (Fsp3) is 0.652. The molecule has 0 saturated heterocycles. The van der Waals surface area contributed by atoms with Gasteiger partial charge in [0.15, 0.2) is 6.10 Å². The number of rotatable bonds is 27. The van der Waals surface area contributed by atoms with Gasteiger partial charge in [0.25, 0.3) is 5.91 Å². The largest absolute Gasteiger partial charge is 0.381 e. The van der Waals surface area contributed by atoms with Crippen LogP contribution >= 0.6 is 11.8 Å². The molecule has 17 heteroatoms. The number of benzene rings is 2. The normalized spacial score (nSPS) is 15.3. The predicted molar refractivity (Wildman–Crippen MR) is 247 cm³/mol. The zero-order valence-electron chi connectivity index (χ0n) is 38.8. The van der Waals surface area contributed by atoms with Gasteiger partial charge in [0.05, 0.1) is 57.3 Å². The number of carbonyl (C=O) groups excluding carboxylic acids is 2. The maximum absolute atomic E-state index is 13.3. The lowest BCUT2D eigenvalue weighted by Gasteiger charge is -2.37. The molecule has 4 rings (SSSR count). The number of fused-ring (bicyclic) bond motifs is 5. The van der Waals surface area contributed by atoms with Gasteiger partial charge in [-0.05, 0) is 70.9 Å². The van der Waals surface area contributed by atoms with Crippen molar-refractivity contribution < 1.29 is 43.9 Å². The lowest BCUT2D eigenvalue weighted by atomic mass is 9.78. The Labute approximate surface area is 378 Å². The van der Waals surface area contributed by atoms with Crippen LogP contribution in [0.25, 0.3) is 22.5 Å². The van der Waals surface area contributed by atoms with Crippen molar-refractivity contribution in [1.82, 2.24) is 30.9 Å². The van der Waals surface area contributed by atoms with E-state index in [2.05, 4.69) is 60.9 Å². The highest BCUT2D eigenvalue weighted by atomic mass is 32.2. The van der Waals surface area contributed by atoms with Crippen LogP contribution in [0.5, 0.6) is 0 Å². The third-order valence-corrected chi connectivity index (χ3v) is 12.3. The van der Waals surface area contributed by atoms with Gasteiger partial charge in [-0.15, -0.1) is 5.10 Å². The summed E-state index contributed by atoms with van der Waals surface area (Å²) in [5, 5.41) is 50.8. The molecule has 1 aliphatic rings. The number of amides is 2. The molecule has 6 N–H and O–H groups in total. The lowest BCUT2D eigenvalue weighted by molar-refractivity contribution is -0.137. The molecule has 4 unspecified atom stereocenters. The number of hydrogen-bond donors (Lipinski definition) is 6. The molecule has 0 radical (unpaired) electrons. The van der Waals surface area contributed by atoms with Crippen LogP contribution in [0.4, 0.5) is 5.69 Å². The molecule has 0 fully saturated rings. The van der Waals surface area contributed by atoms with E-state index in [0.717, 1.165) is 40.2 Å². The number of thioether (sulfide) groups is 1. The van der Waals surface area contributed by atoms with Gasteiger partial charge in [0.1, 0.15) is 24.9 Å². The summed E-state index contributed by atoms with van der Waals surface area (Å²) in [6, 6.07) is 16.0. The minimum Gasteiger partial charge on any atom is -0.381 e. The van der Waals surface area contributed by atoms with Crippen molar-refractivity contribution in [3.63, 3.8) is 0 Å². The number of methoxy groups -OCH3 is 1. The molecule has 2 aromatic carbocycles. The predicted octanol–water partition coefficient (Wildman–Crippen LogP) is 4.55. The summed E-state index contributed by atoms with van der Waals surface area (Å²) in [6.07, 6.45) is -2.22. The first-order valence-corrected chi connectivity index (χ1v) is 23.1. The molecule has 0 bridgehead atoms. The van der Waals surface area contributed by atoms with Crippen molar-refractivity contribution in [1.29, 1.82) is 0 Å². The van der Waals surface area contributed by atoms with E-state index in [0.29, 0.717) is 64.7 Å². The summed E-state index contributed by atoms with van der Waals surface area (Å²) in [4.78, 5) is 27.1. The molecule has 1 aliphatic heterocycles. The number of aliphatic hydroxyl groups is 3. The number of aliphatic hydroxyl groups excluding tert-OH is 3. The van der Waals surface area contributed by atoms with Gasteiger partial charge in [0.2, 0.25) is 5.91 Å². The van der Waals surface area contributed by atoms with Crippen LogP contribution in [-0.4, -0.2) is 137 Å².